The number of aromatic nitrogens is 2. The van der Waals surface area contributed by atoms with Gasteiger partial charge in [0.25, 0.3) is 0 Å². The first kappa shape index (κ1) is 14.3. The van der Waals surface area contributed by atoms with E-state index in [1.54, 1.807) is 0 Å². The molecule has 2 heterocycles. The Labute approximate surface area is 116 Å². The van der Waals surface area contributed by atoms with Gasteiger partial charge in [-0.05, 0) is 39.2 Å². The van der Waals surface area contributed by atoms with E-state index in [9.17, 15) is 0 Å². The molecule has 1 aromatic heterocycles. The normalized spacial score (nSPS) is 18.3. The molecule has 4 heteroatoms. The SMILES string of the molecule is CC(C)CNCc1cncc(N2CCCC2(C)C)n1. The summed E-state index contributed by atoms with van der Waals surface area (Å²) >= 11 is 0. The number of nitrogens with one attached hydrogen (secondary N) is 1. The summed E-state index contributed by atoms with van der Waals surface area (Å²) in [5.74, 6) is 1.68. The molecule has 1 N–H and O–H groups in total. The first-order valence-corrected chi connectivity index (χ1v) is 7.28. The summed E-state index contributed by atoms with van der Waals surface area (Å²) < 4.78 is 0. The van der Waals surface area contributed by atoms with E-state index < -0.39 is 0 Å². The maximum atomic E-state index is 4.75. The highest BCUT2D eigenvalue weighted by molar-refractivity contribution is 5.41. The van der Waals surface area contributed by atoms with Crippen molar-refractivity contribution in [1.29, 1.82) is 0 Å². The third kappa shape index (κ3) is 3.66. The molecule has 106 valence electrons. The highest BCUT2D eigenvalue weighted by Crippen LogP contribution is 2.31. The Morgan fingerprint density at radius 3 is 2.79 bits per heavy atom. The molecule has 1 aliphatic rings. The average molecular weight is 262 g/mol. The molecule has 1 saturated heterocycles. The maximum Gasteiger partial charge on any atom is 0.147 e. The molecule has 0 amide bonds. The summed E-state index contributed by atoms with van der Waals surface area (Å²) in [4.78, 5) is 11.5. The van der Waals surface area contributed by atoms with Crippen LogP contribution in [0, 0.1) is 5.92 Å². The summed E-state index contributed by atoms with van der Waals surface area (Å²) in [7, 11) is 0. The molecule has 1 aliphatic heterocycles. The second-order valence-corrected chi connectivity index (χ2v) is 6.46. The second kappa shape index (κ2) is 5.87. The van der Waals surface area contributed by atoms with Crippen LogP contribution >= 0.6 is 0 Å². The van der Waals surface area contributed by atoms with Crippen molar-refractivity contribution in [1.82, 2.24) is 15.3 Å². The molecule has 0 spiro atoms. The standard InChI is InChI=1S/C15H26N4/c1-12(2)8-16-9-13-10-17-11-14(18-13)19-7-5-6-15(19,3)4/h10-12,16H,5-9H2,1-4H3. The van der Waals surface area contributed by atoms with E-state index in [1.807, 2.05) is 12.4 Å². The second-order valence-electron chi connectivity index (χ2n) is 6.46. The minimum atomic E-state index is 0.207. The highest BCUT2D eigenvalue weighted by Gasteiger charge is 2.32. The van der Waals surface area contributed by atoms with Crippen molar-refractivity contribution in [3.05, 3.63) is 18.1 Å². The molecule has 2 rings (SSSR count). The monoisotopic (exact) mass is 262 g/mol. The first-order chi connectivity index (χ1) is 8.99. The predicted molar refractivity (Wildman–Crippen MR) is 79.2 cm³/mol. The number of rotatable bonds is 5. The first-order valence-electron chi connectivity index (χ1n) is 7.28. The predicted octanol–water partition coefficient (Wildman–Crippen LogP) is 2.60. The molecule has 0 aromatic carbocycles. The van der Waals surface area contributed by atoms with Crippen molar-refractivity contribution in [2.75, 3.05) is 18.0 Å². The summed E-state index contributed by atoms with van der Waals surface area (Å²) in [6.45, 7) is 11.9. The molecule has 1 fully saturated rings. The van der Waals surface area contributed by atoms with Crippen LogP contribution in [0.15, 0.2) is 12.4 Å². The highest BCUT2D eigenvalue weighted by atomic mass is 15.3. The topological polar surface area (TPSA) is 41.1 Å². The summed E-state index contributed by atoms with van der Waals surface area (Å²) in [6.07, 6.45) is 6.22. The van der Waals surface area contributed by atoms with Crippen LogP contribution in [0.5, 0.6) is 0 Å². The summed E-state index contributed by atoms with van der Waals surface area (Å²) in [5.41, 5.74) is 1.24. The Morgan fingerprint density at radius 2 is 2.16 bits per heavy atom. The van der Waals surface area contributed by atoms with Crippen molar-refractivity contribution in [3.63, 3.8) is 0 Å². The van der Waals surface area contributed by atoms with Crippen molar-refractivity contribution in [3.8, 4) is 0 Å². The van der Waals surface area contributed by atoms with Gasteiger partial charge in [0, 0.05) is 24.8 Å². The third-order valence-corrected chi connectivity index (χ3v) is 3.71. The fraction of sp³-hybridized carbons (Fsp3) is 0.733. The molecular weight excluding hydrogens is 236 g/mol. The molecule has 19 heavy (non-hydrogen) atoms. The van der Waals surface area contributed by atoms with E-state index >= 15 is 0 Å². The zero-order chi connectivity index (χ0) is 13.9. The van der Waals surface area contributed by atoms with Crippen molar-refractivity contribution < 1.29 is 0 Å². The Balaban J connectivity index is 2.03. The van der Waals surface area contributed by atoms with Crippen LogP contribution in [0.1, 0.15) is 46.2 Å². The molecular formula is C15H26N4. The van der Waals surface area contributed by atoms with Crippen LogP contribution in [0.4, 0.5) is 5.82 Å². The van der Waals surface area contributed by atoms with Gasteiger partial charge in [-0.3, -0.25) is 4.98 Å². The summed E-state index contributed by atoms with van der Waals surface area (Å²) in [5, 5.41) is 3.42. The summed E-state index contributed by atoms with van der Waals surface area (Å²) in [6, 6.07) is 0. The van der Waals surface area contributed by atoms with Crippen molar-refractivity contribution >= 4 is 5.82 Å². The van der Waals surface area contributed by atoms with Crippen LogP contribution in [0.2, 0.25) is 0 Å². The lowest BCUT2D eigenvalue weighted by atomic mass is 10.0. The van der Waals surface area contributed by atoms with Crippen LogP contribution in [-0.4, -0.2) is 28.6 Å². The van der Waals surface area contributed by atoms with Gasteiger partial charge in [0.2, 0.25) is 0 Å². The van der Waals surface area contributed by atoms with Gasteiger partial charge in [-0.1, -0.05) is 13.8 Å². The Kier molecular flexibility index (Phi) is 4.40. The smallest absolute Gasteiger partial charge is 0.147 e. The van der Waals surface area contributed by atoms with E-state index in [1.165, 1.54) is 12.8 Å². The van der Waals surface area contributed by atoms with Crippen molar-refractivity contribution in [2.24, 2.45) is 5.92 Å². The van der Waals surface area contributed by atoms with Gasteiger partial charge in [-0.15, -0.1) is 0 Å². The number of anilines is 1. The molecule has 4 nitrogen and oxygen atoms in total. The molecule has 0 atom stereocenters. The van der Waals surface area contributed by atoms with Gasteiger partial charge in [-0.2, -0.15) is 0 Å². The fourth-order valence-corrected chi connectivity index (χ4v) is 2.63. The molecule has 0 radical (unpaired) electrons. The third-order valence-electron chi connectivity index (χ3n) is 3.71. The minimum absolute atomic E-state index is 0.207. The van der Waals surface area contributed by atoms with Crippen LogP contribution in [-0.2, 0) is 6.54 Å². The number of hydrogen-bond donors (Lipinski definition) is 1. The number of hydrogen-bond acceptors (Lipinski definition) is 4. The Bertz CT molecular complexity index is 414. The Morgan fingerprint density at radius 1 is 1.37 bits per heavy atom. The molecule has 0 bridgehead atoms. The van der Waals surface area contributed by atoms with Gasteiger partial charge in [0.1, 0.15) is 5.82 Å². The largest absolute Gasteiger partial charge is 0.350 e. The van der Waals surface area contributed by atoms with Gasteiger partial charge >= 0.3 is 0 Å². The van der Waals surface area contributed by atoms with E-state index in [2.05, 4.69) is 42.9 Å². The minimum Gasteiger partial charge on any atom is -0.350 e. The van der Waals surface area contributed by atoms with Crippen LogP contribution in [0.3, 0.4) is 0 Å². The Hall–Kier alpha value is -1.16. The van der Waals surface area contributed by atoms with Crippen LogP contribution < -0.4 is 10.2 Å². The van der Waals surface area contributed by atoms with E-state index in [0.717, 1.165) is 31.1 Å². The van der Waals surface area contributed by atoms with Gasteiger partial charge in [-0.25, -0.2) is 4.98 Å². The maximum absolute atomic E-state index is 4.75. The van der Waals surface area contributed by atoms with E-state index in [-0.39, 0.29) is 5.54 Å². The molecule has 1 aromatic rings. The quantitative estimate of drug-likeness (QED) is 0.885. The lowest BCUT2D eigenvalue weighted by Gasteiger charge is -2.32. The average Bonchev–Trinajstić information content (AvgIpc) is 2.69. The lowest BCUT2D eigenvalue weighted by Crippen LogP contribution is -2.39. The number of nitrogens with zero attached hydrogens (tertiary/aromatic N) is 3. The van der Waals surface area contributed by atoms with Crippen molar-refractivity contribution in [2.45, 2.75) is 52.6 Å². The molecule has 0 unspecified atom stereocenters. The fourth-order valence-electron chi connectivity index (χ4n) is 2.63. The van der Waals surface area contributed by atoms with Gasteiger partial charge in [0.05, 0.1) is 11.9 Å². The lowest BCUT2D eigenvalue weighted by molar-refractivity contribution is 0.511. The molecule has 0 saturated carbocycles. The molecule has 0 aliphatic carbocycles. The zero-order valence-corrected chi connectivity index (χ0v) is 12.6. The van der Waals surface area contributed by atoms with Gasteiger partial charge < -0.3 is 10.2 Å². The van der Waals surface area contributed by atoms with Crippen LogP contribution in [0.25, 0.3) is 0 Å². The van der Waals surface area contributed by atoms with E-state index in [0.29, 0.717) is 5.92 Å². The van der Waals surface area contributed by atoms with E-state index in [4.69, 9.17) is 4.98 Å². The zero-order valence-electron chi connectivity index (χ0n) is 12.6. The van der Waals surface area contributed by atoms with Gasteiger partial charge in [0.15, 0.2) is 0 Å².